The molecule has 0 bridgehead atoms. The van der Waals surface area contributed by atoms with Gasteiger partial charge in [0.2, 0.25) is 5.91 Å². The number of amides is 1. The third-order valence-corrected chi connectivity index (χ3v) is 6.06. The minimum atomic E-state index is -0.450. The van der Waals surface area contributed by atoms with Gasteiger partial charge in [0.25, 0.3) is 0 Å². The molecule has 1 saturated heterocycles. The van der Waals surface area contributed by atoms with Crippen molar-refractivity contribution in [2.75, 3.05) is 39.5 Å². The molecule has 142 valence electrons. The Morgan fingerprint density at radius 3 is 2.65 bits per heavy atom. The number of aliphatic hydroxyl groups is 1. The van der Waals surface area contributed by atoms with Gasteiger partial charge in [-0.05, 0) is 31.7 Å². The molecule has 6 nitrogen and oxygen atoms in total. The summed E-state index contributed by atoms with van der Waals surface area (Å²) in [5, 5.41) is 9.38. The number of nitrogens with zero attached hydrogens (tertiary/aromatic N) is 2. The normalized spacial score (nSPS) is 29.7. The molecule has 1 amide bonds. The Morgan fingerprint density at radius 2 is 1.92 bits per heavy atom. The third kappa shape index (κ3) is 3.59. The van der Waals surface area contributed by atoms with Crippen LogP contribution in [0.15, 0.2) is 24.3 Å². The number of carbonyl (C=O) groups is 1. The van der Waals surface area contributed by atoms with Crippen molar-refractivity contribution in [3.8, 4) is 5.75 Å². The number of hydrogen-bond acceptors (Lipinski definition) is 5. The monoisotopic (exact) mass is 360 g/mol. The van der Waals surface area contributed by atoms with Crippen molar-refractivity contribution >= 4 is 5.91 Å². The summed E-state index contributed by atoms with van der Waals surface area (Å²) in [5.41, 5.74) is 0.668. The van der Waals surface area contributed by atoms with Crippen LogP contribution < -0.4 is 4.74 Å². The summed E-state index contributed by atoms with van der Waals surface area (Å²) < 4.78 is 12.0. The number of aliphatic hydroxyl groups excluding tert-OH is 1. The number of rotatable bonds is 2. The third-order valence-electron chi connectivity index (χ3n) is 6.06. The zero-order valence-corrected chi connectivity index (χ0v) is 15.2. The molecule has 1 N–H and O–H groups in total. The van der Waals surface area contributed by atoms with Crippen molar-refractivity contribution in [2.45, 2.75) is 43.9 Å². The van der Waals surface area contributed by atoms with Gasteiger partial charge in [-0.15, -0.1) is 0 Å². The molecular formula is C20H28N2O4. The molecular weight excluding hydrogens is 332 g/mol. The van der Waals surface area contributed by atoms with Crippen LogP contribution in [0.3, 0.4) is 0 Å². The molecule has 4 rings (SSSR count). The molecule has 2 aliphatic heterocycles. The summed E-state index contributed by atoms with van der Waals surface area (Å²) in [6.07, 6.45) is 4.00. The summed E-state index contributed by atoms with van der Waals surface area (Å²) in [6.45, 7) is 4.28. The standard InChI is InChI=1S/C20H28N2O4/c23-14-19(24)22-13-16-3-1-2-4-18(16)26-20(15-22)7-5-17(6-8-20)21-9-11-25-12-10-21/h1-4,17,23H,5-15H2. The van der Waals surface area contributed by atoms with E-state index in [0.29, 0.717) is 19.1 Å². The molecule has 2 heterocycles. The van der Waals surface area contributed by atoms with E-state index in [1.807, 2.05) is 24.3 Å². The summed E-state index contributed by atoms with van der Waals surface area (Å²) in [4.78, 5) is 16.6. The first kappa shape index (κ1) is 17.8. The van der Waals surface area contributed by atoms with Crippen LogP contribution in [0.4, 0.5) is 0 Å². The van der Waals surface area contributed by atoms with Crippen LogP contribution in [0.1, 0.15) is 31.2 Å². The molecule has 0 radical (unpaired) electrons. The molecule has 1 spiro atoms. The molecule has 2 fully saturated rings. The van der Waals surface area contributed by atoms with Crippen molar-refractivity contribution in [1.29, 1.82) is 0 Å². The number of hydrogen-bond donors (Lipinski definition) is 1. The first-order valence-electron chi connectivity index (χ1n) is 9.66. The molecule has 0 aromatic heterocycles. The van der Waals surface area contributed by atoms with E-state index < -0.39 is 6.61 Å². The molecule has 3 aliphatic rings. The molecule has 26 heavy (non-hydrogen) atoms. The molecule has 1 aromatic rings. The van der Waals surface area contributed by atoms with Crippen LogP contribution in [0.25, 0.3) is 0 Å². The molecule has 0 unspecified atom stereocenters. The van der Waals surface area contributed by atoms with Crippen LogP contribution in [0, 0.1) is 0 Å². The van der Waals surface area contributed by atoms with Gasteiger partial charge in [0.05, 0.1) is 19.8 Å². The highest BCUT2D eigenvalue weighted by Gasteiger charge is 2.43. The van der Waals surface area contributed by atoms with Crippen molar-refractivity contribution < 1.29 is 19.4 Å². The first-order valence-corrected chi connectivity index (χ1v) is 9.66. The predicted octanol–water partition coefficient (Wildman–Crippen LogP) is 1.41. The van der Waals surface area contributed by atoms with Gasteiger partial charge in [-0.3, -0.25) is 9.69 Å². The predicted molar refractivity (Wildman–Crippen MR) is 97.0 cm³/mol. The van der Waals surface area contributed by atoms with Gasteiger partial charge in [0.1, 0.15) is 18.0 Å². The minimum absolute atomic E-state index is 0.222. The van der Waals surface area contributed by atoms with Gasteiger partial charge in [-0.2, -0.15) is 0 Å². The average Bonchev–Trinajstić information content (AvgIpc) is 2.85. The van der Waals surface area contributed by atoms with Crippen molar-refractivity contribution in [3.63, 3.8) is 0 Å². The summed E-state index contributed by atoms with van der Waals surface area (Å²) in [6, 6.07) is 8.53. The smallest absolute Gasteiger partial charge is 0.248 e. The second-order valence-corrected chi connectivity index (χ2v) is 7.68. The van der Waals surface area contributed by atoms with Crippen LogP contribution in [0.2, 0.25) is 0 Å². The number of ether oxygens (including phenoxy) is 2. The van der Waals surface area contributed by atoms with Crippen molar-refractivity contribution in [2.24, 2.45) is 0 Å². The molecule has 0 atom stereocenters. The maximum absolute atomic E-state index is 12.3. The van der Waals surface area contributed by atoms with E-state index in [4.69, 9.17) is 9.47 Å². The van der Waals surface area contributed by atoms with E-state index in [1.165, 1.54) is 0 Å². The molecule has 1 aromatic carbocycles. The Morgan fingerprint density at radius 1 is 1.19 bits per heavy atom. The average molecular weight is 360 g/mol. The zero-order chi connectivity index (χ0) is 18.0. The minimum Gasteiger partial charge on any atom is -0.485 e. The molecule has 1 saturated carbocycles. The van der Waals surface area contributed by atoms with Crippen molar-refractivity contribution in [1.82, 2.24) is 9.80 Å². The Kier molecular flexibility index (Phi) is 5.16. The fourth-order valence-electron chi connectivity index (χ4n) is 4.58. The Labute approximate surface area is 154 Å². The van der Waals surface area contributed by atoms with Gasteiger partial charge in [0, 0.05) is 31.2 Å². The summed E-state index contributed by atoms with van der Waals surface area (Å²) in [7, 11) is 0. The van der Waals surface area contributed by atoms with Gasteiger partial charge < -0.3 is 19.5 Å². The number of para-hydroxylation sites is 1. The van der Waals surface area contributed by atoms with Gasteiger partial charge in [0.15, 0.2) is 0 Å². The lowest BCUT2D eigenvalue weighted by Gasteiger charge is -2.45. The maximum Gasteiger partial charge on any atom is 0.248 e. The van der Waals surface area contributed by atoms with Crippen LogP contribution in [-0.2, 0) is 16.1 Å². The number of benzene rings is 1. The number of carbonyl (C=O) groups excluding carboxylic acids is 1. The van der Waals surface area contributed by atoms with E-state index >= 15 is 0 Å². The quantitative estimate of drug-likeness (QED) is 0.864. The molecule has 6 heteroatoms. The van der Waals surface area contributed by atoms with E-state index in [0.717, 1.165) is 63.3 Å². The molecule has 1 aliphatic carbocycles. The maximum atomic E-state index is 12.3. The lowest BCUT2D eigenvalue weighted by Crippen LogP contribution is -2.54. The van der Waals surface area contributed by atoms with E-state index in [2.05, 4.69) is 4.90 Å². The second kappa shape index (κ2) is 7.55. The van der Waals surface area contributed by atoms with Crippen LogP contribution >= 0.6 is 0 Å². The lowest BCUT2D eigenvalue weighted by molar-refractivity contribution is -0.138. The van der Waals surface area contributed by atoms with E-state index in [1.54, 1.807) is 4.90 Å². The zero-order valence-electron chi connectivity index (χ0n) is 15.2. The lowest BCUT2D eigenvalue weighted by atomic mass is 9.80. The highest BCUT2D eigenvalue weighted by molar-refractivity contribution is 5.77. The van der Waals surface area contributed by atoms with E-state index in [9.17, 15) is 9.90 Å². The van der Waals surface area contributed by atoms with Gasteiger partial charge >= 0.3 is 0 Å². The highest BCUT2D eigenvalue weighted by atomic mass is 16.5. The Bertz CT molecular complexity index is 636. The first-order chi connectivity index (χ1) is 12.7. The van der Waals surface area contributed by atoms with E-state index in [-0.39, 0.29) is 11.5 Å². The Hall–Kier alpha value is -1.63. The van der Waals surface area contributed by atoms with Crippen molar-refractivity contribution in [3.05, 3.63) is 29.8 Å². The topological polar surface area (TPSA) is 62.2 Å². The fraction of sp³-hybridized carbons (Fsp3) is 0.650. The Balaban J connectivity index is 1.52. The number of fused-ring (bicyclic) bond motifs is 1. The highest BCUT2D eigenvalue weighted by Crippen LogP contribution is 2.39. The van der Waals surface area contributed by atoms with Crippen LogP contribution in [-0.4, -0.2) is 71.9 Å². The SMILES string of the molecule is O=C(CO)N1Cc2ccccc2OC2(CCC(N3CCOCC3)CC2)C1. The van der Waals surface area contributed by atoms with Gasteiger partial charge in [-0.1, -0.05) is 18.2 Å². The number of morpholine rings is 1. The summed E-state index contributed by atoms with van der Waals surface area (Å²) >= 11 is 0. The van der Waals surface area contributed by atoms with Crippen LogP contribution in [0.5, 0.6) is 5.75 Å². The van der Waals surface area contributed by atoms with Gasteiger partial charge in [-0.25, -0.2) is 0 Å². The fourth-order valence-corrected chi connectivity index (χ4v) is 4.58. The largest absolute Gasteiger partial charge is 0.485 e. The summed E-state index contributed by atoms with van der Waals surface area (Å²) in [5.74, 6) is 0.658. The second-order valence-electron chi connectivity index (χ2n) is 7.68.